The molecule has 110 valence electrons. The maximum atomic E-state index is 10.2. The van der Waals surface area contributed by atoms with Gasteiger partial charge in [0.05, 0.1) is 11.1 Å². The lowest BCUT2D eigenvalue weighted by molar-refractivity contribution is 0.0318. The van der Waals surface area contributed by atoms with Crippen molar-refractivity contribution in [3.63, 3.8) is 0 Å². The summed E-state index contributed by atoms with van der Waals surface area (Å²) >= 11 is 5.24. The molecule has 0 aliphatic heterocycles. The molecule has 1 aromatic rings. The van der Waals surface area contributed by atoms with E-state index in [0.717, 1.165) is 31.4 Å². The predicted octanol–water partition coefficient (Wildman–Crippen LogP) is 2.29. The van der Waals surface area contributed by atoms with Gasteiger partial charge in [0.2, 0.25) is 0 Å². The fourth-order valence-electron chi connectivity index (χ4n) is 3.07. The molecule has 0 aromatic heterocycles. The quantitative estimate of drug-likeness (QED) is 0.818. The van der Waals surface area contributed by atoms with Crippen LogP contribution >= 0.6 is 12.2 Å². The lowest BCUT2D eigenvalue weighted by Crippen LogP contribution is -2.46. The van der Waals surface area contributed by atoms with Gasteiger partial charge in [-0.3, -0.25) is 4.90 Å². The van der Waals surface area contributed by atoms with Crippen LogP contribution in [-0.2, 0) is 0 Å². The molecule has 1 aliphatic carbocycles. The Morgan fingerprint density at radius 3 is 2.60 bits per heavy atom. The predicted molar refractivity (Wildman–Crippen MR) is 86.9 cm³/mol. The Morgan fingerprint density at radius 2 is 2.00 bits per heavy atom. The van der Waals surface area contributed by atoms with Gasteiger partial charge in [-0.25, -0.2) is 0 Å². The van der Waals surface area contributed by atoms with E-state index in [1.165, 1.54) is 6.42 Å². The van der Waals surface area contributed by atoms with Crippen molar-refractivity contribution in [2.24, 2.45) is 5.73 Å². The molecule has 1 aromatic carbocycles. The highest BCUT2D eigenvalue weighted by atomic mass is 32.1. The van der Waals surface area contributed by atoms with Crippen LogP contribution in [0.4, 0.5) is 0 Å². The number of likely N-dealkylation sites (N-methyl/N-ethyl adjacent to an activating group) is 1. The van der Waals surface area contributed by atoms with E-state index in [0.29, 0.717) is 4.99 Å². The van der Waals surface area contributed by atoms with E-state index in [9.17, 15) is 5.11 Å². The van der Waals surface area contributed by atoms with Crippen LogP contribution in [0.5, 0.6) is 0 Å². The van der Waals surface area contributed by atoms with Crippen molar-refractivity contribution in [3.8, 4) is 0 Å². The van der Waals surface area contributed by atoms with E-state index in [1.807, 2.05) is 18.2 Å². The fourth-order valence-corrected chi connectivity index (χ4v) is 3.28. The number of aliphatic hydroxyl groups is 1. The van der Waals surface area contributed by atoms with Gasteiger partial charge in [0, 0.05) is 18.5 Å². The molecule has 1 fully saturated rings. The van der Waals surface area contributed by atoms with Crippen LogP contribution < -0.4 is 5.73 Å². The molecule has 1 aliphatic rings. The van der Waals surface area contributed by atoms with Crippen LogP contribution in [0.3, 0.4) is 0 Å². The third kappa shape index (κ3) is 3.78. The number of benzene rings is 1. The molecule has 0 amide bonds. The number of hydrogen-bond donors (Lipinski definition) is 2. The first-order valence-corrected chi connectivity index (χ1v) is 7.73. The second kappa shape index (κ2) is 7.16. The number of thiocarbonyl (C=S) groups is 1. The number of nitrogens with two attached hydrogens (primary N) is 1. The second-order valence-corrected chi connectivity index (χ2v) is 6.20. The zero-order chi connectivity index (χ0) is 14.5. The summed E-state index contributed by atoms with van der Waals surface area (Å²) in [6.45, 7) is 0.765. The lowest BCUT2D eigenvalue weighted by atomic mass is 9.90. The first kappa shape index (κ1) is 15.4. The van der Waals surface area contributed by atoms with Gasteiger partial charge in [-0.05, 0) is 25.5 Å². The topological polar surface area (TPSA) is 49.5 Å². The summed E-state index contributed by atoms with van der Waals surface area (Å²) in [5.74, 6) is 0.0466. The molecule has 3 atom stereocenters. The minimum absolute atomic E-state index is 0.0466. The van der Waals surface area contributed by atoms with Crippen LogP contribution in [0.1, 0.15) is 37.2 Å². The smallest absolute Gasteiger partial charge is 0.0816 e. The van der Waals surface area contributed by atoms with Crippen molar-refractivity contribution in [1.29, 1.82) is 0 Å². The molecule has 0 radical (unpaired) electrons. The second-order valence-electron chi connectivity index (χ2n) is 5.72. The van der Waals surface area contributed by atoms with E-state index >= 15 is 0 Å². The Kier molecular flexibility index (Phi) is 5.52. The zero-order valence-corrected chi connectivity index (χ0v) is 12.9. The molecular weight excluding hydrogens is 268 g/mol. The lowest BCUT2D eigenvalue weighted by Gasteiger charge is -2.37. The molecule has 0 saturated heterocycles. The van der Waals surface area contributed by atoms with Crippen LogP contribution in [0.2, 0.25) is 0 Å². The van der Waals surface area contributed by atoms with E-state index < -0.39 is 0 Å². The average Bonchev–Trinajstić information content (AvgIpc) is 2.45. The Labute approximate surface area is 126 Å². The van der Waals surface area contributed by atoms with Crippen LogP contribution in [0.15, 0.2) is 30.3 Å². The number of nitrogens with zero attached hydrogens (tertiary/aromatic N) is 1. The van der Waals surface area contributed by atoms with Gasteiger partial charge in [-0.2, -0.15) is 0 Å². The van der Waals surface area contributed by atoms with Gasteiger partial charge in [0.15, 0.2) is 0 Å². The largest absolute Gasteiger partial charge is 0.393 e. The van der Waals surface area contributed by atoms with Gasteiger partial charge in [0.25, 0.3) is 0 Å². The minimum atomic E-state index is -0.225. The van der Waals surface area contributed by atoms with Gasteiger partial charge in [0.1, 0.15) is 0 Å². The molecule has 1 saturated carbocycles. The summed E-state index contributed by atoms with van der Waals surface area (Å²) in [6, 6.07) is 10.4. The van der Waals surface area contributed by atoms with Gasteiger partial charge in [-0.1, -0.05) is 55.4 Å². The van der Waals surface area contributed by atoms with Crippen molar-refractivity contribution in [1.82, 2.24) is 4.90 Å². The van der Waals surface area contributed by atoms with E-state index in [1.54, 1.807) is 0 Å². The van der Waals surface area contributed by atoms with Gasteiger partial charge in [-0.15, -0.1) is 0 Å². The standard InChI is InChI=1S/C16H24N2OS/c1-18(14-9-5-6-10-15(14)19)11-13(16(17)20)12-7-3-2-4-8-12/h2-4,7-8,13-15,19H,5-6,9-11H2,1H3,(H2,17,20). The SMILES string of the molecule is CN(CC(C(N)=S)c1ccccc1)C1CCCCC1O. The van der Waals surface area contributed by atoms with Crippen molar-refractivity contribution in [3.05, 3.63) is 35.9 Å². The zero-order valence-electron chi connectivity index (χ0n) is 12.0. The molecule has 3 nitrogen and oxygen atoms in total. The summed E-state index contributed by atoms with van der Waals surface area (Å²) in [6.07, 6.45) is 4.05. The summed E-state index contributed by atoms with van der Waals surface area (Å²) in [7, 11) is 2.06. The van der Waals surface area contributed by atoms with Gasteiger partial charge < -0.3 is 10.8 Å². The minimum Gasteiger partial charge on any atom is -0.393 e. The van der Waals surface area contributed by atoms with Crippen molar-refractivity contribution < 1.29 is 5.11 Å². The number of rotatable bonds is 5. The molecule has 4 heteroatoms. The molecule has 0 bridgehead atoms. The molecule has 0 spiro atoms. The highest BCUT2D eigenvalue weighted by Gasteiger charge is 2.28. The van der Waals surface area contributed by atoms with E-state index in [2.05, 4.69) is 24.1 Å². The normalized spacial score (nSPS) is 24.6. The Bertz CT molecular complexity index is 437. The molecule has 3 unspecified atom stereocenters. The highest BCUT2D eigenvalue weighted by molar-refractivity contribution is 7.80. The number of aliphatic hydroxyl groups excluding tert-OH is 1. The van der Waals surface area contributed by atoms with E-state index in [4.69, 9.17) is 18.0 Å². The van der Waals surface area contributed by atoms with Crippen molar-refractivity contribution in [2.75, 3.05) is 13.6 Å². The van der Waals surface area contributed by atoms with Gasteiger partial charge >= 0.3 is 0 Å². The third-order valence-corrected chi connectivity index (χ3v) is 4.56. The summed E-state index contributed by atoms with van der Waals surface area (Å²) in [4.78, 5) is 2.74. The Balaban J connectivity index is 2.06. The van der Waals surface area contributed by atoms with E-state index in [-0.39, 0.29) is 18.1 Å². The highest BCUT2D eigenvalue weighted by Crippen LogP contribution is 2.25. The average molecular weight is 292 g/mol. The fraction of sp³-hybridized carbons (Fsp3) is 0.562. The first-order valence-electron chi connectivity index (χ1n) is 7.32. The molecular formula is C16H24N2OS. The third-order valence-electron chi connectivity index (χ3n) is 4.28. The molecule has 3 N–H and O–H groups in total. The van der Waals surface area contributed by atoms with Crippen LogP contribution in [0.25, 0.3) is 0 Å². The monoisotopic (exact) mass is 292 g/mol. The Hall–Kier alpha value is -0.970. The number of hydrogen-bond acceptors (Lipinski definition) is 3. The van der Waals surface area contributed by atoms with Crippen molar-refractivity contribution >= 4 is 17.2 Å². The molecule has 0 heterocycles. The molecule has 2 rings (SSSR count). The summed E-state index contributed by atoms with van der Waals surface area (Å²) in [5, 5.41) is 10.2. The summed E-state index contributed by atoms with van der Waals surface area (Å²) < 4.78 is 0. The first-order chi connectivity index (χ1) is 9.59. The van der Waals surface area contributed by atoms with Crippen LogP contribution in [-0.4, -0.2) is 40.7 Å². The summed E-state index contributed by atoms with van der Waals surface area (Å²) in [5.41, 5.74) is 7.07. The Morgan fingerprint density at radius 1 is 1.35 bits per heavy atom. The maximum Gasteiger partial charge on any atom is 0.0816 e. The van der Waals surface area contributed by atoms with Crippen molar-refractivity contribution in [2.45, 2.75) is 43.7 Å². The molecule has 20 heavy (non-hydrogen) atoms. The van der Waals surface area contributed by atoms with Crippen LogP contribution in [0, 0.1) is 0 Å². The maximum absolute atomic E-state index is 10.2.